The maximum atomic E-state index is 13.9. The lowest BCUT2D eigenvalue weighted by molar-refractivity contribution is -0.145. The Hall–Kier alpha value is -3.23. The van der Waals surface area contributed by atoms with E-state index in [1.54, 1.807) is 12.1 Å². The smallest absolute Gasteiger partial charge is 0.246 e. The number of rotatable bonds is 8. The van der Waals surface area contributed by atoms with Crippen LogP contribution in [0.25, 0.3) is 0 Å². The summed E-state index contributed by atoms with van der Waals surface area (Å²) in [6.45, 7) is 1.92. The van der Waals surface area contributed by atoms with Gasteiger partial charge < -0.3 is 25.4 Å². The standard InChI is InChI=1S/C27H31N3O5/c1-2-19(16-31)30-23(25(33)28-15-17-9-5-3-6-10-17)27-14-13-20(35-27)21(22(27)26(30)34)24(32)29-18-11-7-4-8-12-18/h3-12,19-23,31H,2,13-16H2,1H3,(H,28,33)(H,29,32)/t19-,20-,21+,22-,23?,27?/m0/s1. The van der Waals surface area contributed by atoms with E-state index in [4.69, 9.17) is 4.74 Å². The van der Waals surface area contributed by atoms with E-state index in [1.165, 1.54) is 4.90 Å². The van der Waals surface area contributed by atoms with Gasteiger partial charge in [-0.2, -0.15) is 0 Å². The first kappa shape index (κ1) is 23.5. The lowest BCUT2D eigenvalue weighted by Crippen LogP contribution is -2.57. The molecule has 5 rings (SSSR count). The van der Waals surface area contributed by atoms with Gasteiger partial charge in [-0.15, -0.1) is 0 Å². The van der Waals surface area contributed by atoms with E-state index in [1.807, 2.05) is 55.5 Å². The molecule has 3 amide bonds. The second-order valence-electron chi connectivity index (χ2n) is 9.60. The molecule has 8 nitrogen and oxygen atoms in total. The summed E-state index contributed by atoms with van der Waals surface area (Å²) < 4.78 is 6.42. The molecule has 2 bridgehead atoms. The quantitative estimate of drug-likeness (QED) is 0.540. The minimum Gasteiger partial charge on any atom is -0.394 e. The first-order valence-corrected chi connectivity index (χ1v) is 12.3. The van der Waals surface area contributed by atoms with E-state index in [2.05, 4.69) is 10.6 Å². The van der Waals surface area contributed by atoms with Gasteiger partial charge in [0.15, 0.2) is 0 Å². The van der Waals surface area contributed by atoms with Gasteiger partial charge in [0.2, 0.25) is 17.7 Å². The van der Waals surface area contributed by atoms with Gasteiger partial charge in [0.05, 0.1) is 30.6 Å². The van der Waals surface area contributed by atoms with Crippen LogP contribution in [0.3, 0.4) is 0 Å². The van der Waals surface area contributed by atoms with E-state index in [0.29, 0.717) is 31.5 Å². The first-order chi connectivity index (χ1) is 17.0. The van der Waals surface area contributed by atoms with Crippen molar-refractivity contribution < 1.29 is 24.2 Å². The van der Waals surface area contributed by atoms with Gasteiger partial charge in [-0.05, 0) is 37.0 Å². The Morgan fingerprint density at radius 2 is 1.80 bits per heavy atom. The number of nitrogens with one attached hydrogen (secondary N) is 2. The number of benzene rings is 2. The van der Waals surface area contributed by atoms with Gasteiger partial charge in [0.1, 0.15) is 11.6 Å². The number of hydrogen-bond donors (Lipinski definition) is 3. The third-order valence-electron chi connectivity index (χ3n) is 7.72. The van der Waals surface area contributed by atoms with Gasteiger partial charge in [-0.3, -0.25) is 14.4 Å². The van der Waals surface area contributed by atoms with Gasteiger partial charge >= 0.3 is 0 Å². The highest BCUT2D eigenvalue weighted by atomic mass is 16.5. The van der Waals surface area contributed by atoms with Crippen molar-refractivity contribution in [2.75, 3.05) is 11.9 Å². The molecule has 6 atom stereocenters. The maximum absolute atomic E-state index is 13.9. The van der Waals surface area contributed by atoms with Crippen LogP contribution >= 0.6 is 0 Å². The summed E-state index contributed by atoms with van der Waals surface area (Å²) in [7, 11) is 0. The van der Waals surface area contributed by atoms with Crippen LogP contribution in [0.5, 0.6) is 0 Å². The number of fused-ring (bicyclic) bond motifs is 1. The third-order valence-corrected chi connectivity index (χ3v) is 7.72. The van der Waals surface area contributed by atoms with Crippen LogP contribution in [0.2, 0.25) is 0 Å². The average molecular weight is 478 g/mol. The summed E-state index contributed by atoms with van der Waals surface area (Å²) in [4.78, 5) is 42.4. The summed E-state index contributed by atoms with van der Waals surface area (Å²) in [6, 6.07) is 17.2. The van der Waals surface area contributed by atoms with Crippen molar-refractivity contribution in [1.29, 1.82) is 0 Å². The fraction of sp³-hybridized carbons (Fsp3) is 0.444. The molecule has 3 heterocycles. The van der Waals surface area contributed by atoms with Crippen molar-refractivity contribution in [3.8, 4) is 0 Å². The fourth-order valence-corrected chi connectivity index (χ4v) is 6.13. The highest BCUT2D eigenvalue weighted by Crippen LogP contribution is 2.59. The van der Waals surface area contributed by atoms with E-state index < -0.39 is 35.6 Å². The second kappa shape index (κ2) is 9.43. The Morgan fingerprint density at radius 1 is 1.11 bits per heavy atom. The van der Waals surface area contributed by atoms with Crippen molar-refractivity contribution in [3.05, 3.63) is 66.2 Å². The number of hydrogen-bond acceptors (Lipinski definition) is 5. The summed E-state index contributed by atoms with van der Waals surface area (Å²) in [5, 5.41) is 16.0. The zero-order valence-corrected chi connectivity index (χ0v) is 19.7. The van der Waals surface area contributed by atoms with Gasteiger partial charge in [0, 0.05) is 12.2 Å². The van der Waals surface area contributed by atoms with Crippen LogP contribution in [-0.2, 0) is 25.7 Å². The molecule has 3 saturated heterocycles. The molecule has 2 unspecified atom stereocenters. The predicted octanol–water partition coefficient (Wildman–Crippen LogP) is 2.09. The normalized spacial score (nSPS) is 29.7. The summed E-state index contributed by atoms with van der Waals surface area (Å²) in [5.41, 5.74) is 0.511. The van der Waals surface area contributed by atoms with E-state index >= 15 is 0 Å². The number of aliphatic hydroxyl groups is 1. The molecule has 0 saturated carbocycles. The molecule has 8 heteroatoms. The molecule has 184 valence electrons. The van der Waals surface area contributed by atoms with E-state index in [-0.39, 0.29) is 24.3 Å². The number of aliphatic hydroxyl groups excluding tert-OH is 1. The molecule has 0 radical (unpaired) electrons. The van der Waals surface area contributed by atoms with Crippen molar-refractivity contribution in [3.63, 3.8) is 0 Å². The Bertz CT molecular complexity index is 1090. The molecule has 2 aromatic carbocycles. The molecule has 3 aliphatic heterocycles. The zero-order chi connectivity index (χ0) is 24.6. The number of nitrogens with zero attached hydrogens (tertiary/aromatic N) is 1. The molecule has 0 aromatic heterocycles. The Labute approximate surface area is 204 Å². The highest BCUT2D eigenvalue weighted by molar-refractivity contribution is 6.02. The molecule has 3 aliphatic rings. The zero-order valence-electron chi connectivity index (χ0n) is 19.7. The van der Waals surface area contributed by atoms with Crippen molar-refractivity contribution >= 4 is 23.4 Å². The Kier molecular flexibility index (Phi) is 6.34. The summed E-state index contributed by atoms with van der Waals surface area (Å²) in [6.07, 6.45) is 1.18. The lowest BCUT2D eigenvalue weighted by Gasteiger charge is -2.36. The SMILES string of the molecule is CC[C@@H](CO)N1C(=O)[C@@H]2[C@H](C(=O)Nc3ccccc3)[C@@H]3CCC2(O3)C1C(=O)NCc1ccccc1. The average Bonchev–Trinajstić information content (AvgIpc) is 3.52. The first-order valence-electron chi connectivity index (χ1n) is 12.3. The minimum absolute atomic E-state index is 0.266. The van der Waals surface area contributed by atoms with Crippen LogP contribution < -0.4 is 10.6 Å². The summed E-state index contributed by atoms with van der Waals surface area (Å²) >= 11 is 0. The predicted molar refractivity (Wildman–Crippen MR) is 129 cm³/mol. The van der Waals surface area contributed by atoms with Gasteiger partial charge in [-0.1, -0.05) is 55.5 Å². The second-order valence-corrected chi connectivity index (χ2v) is 9.60. The monoisotopic (exact) mass is 477 g/mol. The molecular formula is C27H31N3O5. The Morgan fingerprint density at radius 3 is 2.46 bits per heavy atom. The largest absolute Gasteiger partial charge is 0.394 e. The van der Waals surface area contributed by atoms with Crippen LogP contribution in [-0.4, -0.2) is 58.1 Å². The molecule has 2 aromatic rings. The van der Waals surface area contributed by atoms with E-state index in [9.17, 15) is 19.5 Å². The summed E-state index contributed by atoms with van der Waals surface area (Å²) in [5.74, 6) is -2.34. The molecule has 35 heavy (non-hydrogen) atoms. The van der Waals surface area contributed by atoms with Crippen molar-refractivity contribution in [2.24, 2.45) is 11.8 Å². The minimum atomic E-state index is -1.08. The fourth-order valence-electron chi connectivity index (χ4n) is 6.13. The topological polar surface area (TPSA) is 108 Å². The van der Waals surface area contributed by atoms with Crippen LogP contribution in [0, 0.1) is 11.8 Å². The third kappa shape index (κ3) is 3.90. The van der Waals surface area contributed by atoms with Crippen LogP contribution in [0.4, 0.5) is 5.69 Å². The van der Waals surface area contributed by atoms with E-state index in [0.717, 1.165) is 5.56 Å². The van der Waals surface area contributed by atoms with Crippen molar-refractivity contribution in [1.82, 2.24) is 10.2 Å². The number of ether oxygens (including phenoxy) is 1. The molecule has 3 N–H and O–H groups in total. The number of para-hydroxylation sites is 1. The number of likely N-dealkylation sites (tertiary alicyclic amines) is 1. The molecular weight excluding hydrogens is 446 g/mol. The molecule has 3 fully saturated rings. The van der Waals surface area contributed by atoms with Gasteiger partial charge in [0.25, 0.3) is 0 Å². The maximum Gasteiger partial charge on any atom is 0.246 e. The number of carbonyl (C=O) groups is 3. The number of anilines is 1. The Balaban J connectivity index is 1.45. The van der Waals surface area contributed by atoms with Crippen molar-refractivity contribution in [2.45, 2.75) is 56.5 Å². The molecule has 0 aliphatic carbocycles. The highest BCUT2D eigenvalue weighted by Gasteiger charge is 2.74. The van der Waals surface area contributed by atoms with Crippen LogP contribution in [0.15, 0.2) is 60.7 Å². The lowest BCUT2D eigenvalue weighted by atomic mass is 9.70. The van der Waals surface area contributed by atoms with Crippen LogP contribution in [0.1, 0.15) is 31.7 Å². The molecule has 1 spiro atoms. The number of amides is 3. The number of carbonyl (C=O) groups excluding carboxylic acids is 3. The van der Waals surface area contributed by atoms with Gasteiger partial charge in [-0.25, -0.2) is 0 Å².